The van der Waals surface area contributed by atoms with Crippen molar-refractivity contribution in [1.29, 1.82) is 0 Å². The first-order valence-electron chi connectivity index (χ1n) is 4.52. The zero-order valence-electron chi connectivity index (χ0n) is 8.58. The molecule has 80 valence electrons. The Kier molecular flexibility index (Phi) is 29.8. The molecule has 14 heavy (non-hydrogen) atoms. The van der Waals surface area contributed by atoms with Gasteiger partial charge in [0.1, 0.15) is 0 Å². The molecular weight excluding hydrogens is 168 g/mol. The fourth-order valence-electron chi connectivity index (χ4n) is 0.612. The molecule has 0 aromatic heterocycles. The van der Waals surface area contributed by atoms with E-state index in [0.29, 0.717) is 0 Å². The molecule has 0 amide bonds. The lowest BCUT2D eigenvalue weighted by Gasteiger charge is -1.79. The lowest BCUT2D eigenvalue weighted by atomic mass is 10.3. The Morgan fingerprint density at radius 1 is 0.929 bits per heavy atom. The maximum absolute atomic E-state index is 3.57. The van der Waals surface area contributed by atoms with Crippen LogP contribution in [0.15, 0.2) is 62.3 Å². The zero-order chi connectivity index (χ0) is 10.4. The van der Waals surface area contributed by atoms with Gasteiger partial charge in [0.15, 0.2) is 0 Å². The molecule has 0 saturated carbocycles. The zero-order valence-corrected chi connectivity index (χ0v) is 8.58. The summed E-state index contributed by atoms with van der Waals surface area (Å²) in [6.45, 7) is 11.7. The van der Waals surface area contributed by atoms with Gasteiger partial charge in [-0.05, 0) is 6.42 Å². The molecule has 0 heterocycles. The van der Waals surface area contributed by atoms with Gasteiger partial charge in [0.25, 0.3) is 0 Å². The van der Waals surface area contributed by atoms with Gasteiger partial charge in [-0.2, -0.15) is 0 Å². The molecule has 0 fully saturated rings. The van der Waals surface area contributed by atoms with Crippen molar-refractivity contribution in [3.8, 4) is 0 Å². The number of unbranched alkanes of at least 4 members (excludes halogenated alkanes) is 1. The van der Waals surface area contributed by atoms with E-state index >= 15 is 0 Å². The fourth-order valence-corrected chi connectivity index (χ4v) is 0.612. The third kappa shape index (κ3) is 22.4. The van der Waals surface area contributed by atoms with E-state index < -0.39 is 0 Å². The van der Waals surface area contributed by atoms with Crippen molar-refractivity contribution in [2.75, 3.05) is 0 Å². The summed E-state index contributed by atoms with van der Waals surface area (Å²) in [5, 5.41) is 0. The summed E-state index contributed by atoms with van der Waals surface area (Å²) in [7, 11) is 0. The Morgan fingerprint density at radius 2 is 1.43 bits per heavy atom. The largest absolute Gasteiger partial charge is 0.106 e. The van der Waals surface area contributed by atoms with Gasteiger partial charge in [0.05, 0.1) is 0 Å². The van der Waals surface area contributed by atoms with Gasteiger partial charge in [-0.25, -0.2) is 0 Å². The molecule has 0 aromatic carbocycles. The van der Waals surface area contributed by atoms with Crippen LogP contribution in [0.3, 0.4) is 0 Å². The molecule has 0 rings (SSSR count). The maximum Gasteiger partial charge on any atom is -0.0350 e. The van der Waals surface area contributed by atoms with E-state index in [2.05, 4.69) is 38.8 Å². The maximum atomic E-state index is 3.57. The van der Waals surface area contributed by atoms with Gasteiger partial charge < -0.3 is 0 Å². The summed E-state index contributed by atoms with van der Waals surface area (Å²) in [6, 6.07) is 0. The average Bonchev–Trinajstić information content (AvgIpc) is 2.20. The van der Waals surface area contributed by atoms with E-state index in [-0.39, 0.29) is 7.43 Å². The Bertz CT molecular complexity index is 170. The minimum absolute atomic E-state index is 0. The summed E-state index contributed by atoms with van der Waals surface area (Å²) < 4.78 is 0. The standard InChI is InChI=1S/C11H16.C2H4.CH4/c1-3-5-7-9-11-10-8-6-4-2;1-2;/h3,5,7-11H,1,4,6H2,2H3;1-2H2;1H4/b7-5-,10-8-,11-9-;;. The predicted molar refractivity (Wildman–Crippen MR) is 70.5 cm³/mol. The second-order valence-electron chi connectivity index (χ2n) is 2.22. The number of allylic oxidation sites excluding steroid dienone is 7. The molecule has 0 radical (unpaired) electrons. The van der Waals surface area contributed by atoms with E-state index in [0.717, 1.165) is 6.42 Å². The summed E-state index contributed by atoms with van der Waals surface area (Å²) in [5.74, 6) is 0. The first-order valence-corrected chi connectivity index (χ1v) is 4.52. The lowest BCUT2D eigenvalue weighted by Crippen LogP contribution is -1.58. The quantitative estimate of drug-likeness (QED) is 0.421. The first-order chi connectivity index (χ1) is 6.41. The molecule has 0 N–H and O–H groups in total. The van der Waals surface area contributed by atoms with Gasteiger partial charge >= 0.3 is 0 Å². The fraction of sp³-hybridized carbons (Fsp3) is 0.286. The second-order valence-corrected chi connectivity index (χ2v) is 2.22. The molecule has 0 aliphatic heterocycles. The molecule has 0 heteroatoms. The van der Waals surface area contributed by atoms with E-state index in [1.807, 2.05) is 24.3 Å². The van der Waals surface area contributed by atoms with Crippen LogP contribution < -0.4 is 0 Å². The van der Waals surface area contributed by atoms with Crippen molar-refractivity contribution in [3.05, 3.63) is 62.3 Å². The van der Waals surface area contributed by atoms with Gasteiger partial charge in [-0.3, -0.25) is 0 Å². The normalized spacial score (nSPS) is 9.79. The average molecular weight is 192 g/mol. The highest BCUT2D eigenvalue weighted by Gasteiger charge is 1.68. The lowest BCUT2D eigenvalue weighted by molar-refractivity contribution is 0.959. The van der Waals surface area contributed by atoms with Crippen LogP contribution >= 0.6 is 0 Å². The monoisotopic (exact) mass is 192 g/mol. The van der Waals surface area contributed by atoms with Crippen molar-refractivity contribution in [3.63, 3.8) is 0 Å². The Morgan fingerprint density at radius 3 is 1.93 bits per heavy atom. The number of hydrogen-bond donors (Lipinski definition) is 0. The van der Waals surface area contributed by atoms with Crippen molar-refractivity contribution < 1.29 is 0 Å². The van der Waals surface area contributed by atoms with Crippen LogP contribution in [0.2, 0.25) is 0 Å². The van der Waals surface area contributed by atoms with E-state index in [1.54, 1.807) is 6.08 Å². The van der Waals surface area contributed by atoms with Crippen LogP contribution in [0.1, 0.15) is 27.2 Å². The Balaban J connectivity index is -0.000000376. The third-order valence-corrected chi connectivity index (χ3v) is 1.17. The van der Waals surface area contributed by atoms with E-state index in [1.165, 1.54) is 6.42 Å². The van der Waals surface area contributed by atoms with Gasteiger partial charge in [0, 0.05) is 0 Å². The molecule has 0 unspecified atom stereocenters. The highest BCUT2D eigenvalue weighted by Crippen LogP contribution is 1.88. The molecule has 0 bridgehead atoms. The Hall–Kier alpha value is -1.30. The molecule has 0 saturated heterocycles. The minimum Gasteiger partial charge on any atom is -0.106 e. The molecule has 0 aromatic rings. The molecule has 0 spiro atoms. The summed E-state index contributed by atoms with van der Waals surface area (Å²) in [5.41, 5.74) is 0. The number of rotatable bonds is 5. The van der Waals surface area contributed by atoms with Crippen LogP contribution in [-0.2, 0) is 0 Å². The van der Waals surface area contributed by atoms with Crippen LogP contribution in [0.25, 0.3) is 0 Å². The van der Waals surface area contributed by atoms with E-state index in [9.17, 15) is 0 Å². The SMILES string of the molecule is C.C=C.C=C\C=C/C=C\C=C/CCC. The Labute approximate surface area is 90.0 Å². The smallest absolute Gasteiger partial charge is 0.0350 e. The summed E-state index contributed by atoms with van der Waals surface area (Å²) in [4.78, 5) is 0. The molecule has 0 atom stereocenters. The molecular formula is C14H24. The number of hydrogen-bond acceptors (Lipinski definition) is 0. The summed E-state index contributed by atoms with van der Waals surface area (Å²) >= 11 is 0. The van der Waals surface area contributed by atoms with Crippen molar-refractivity contribution in [2.45, 2.75) is 27.2 Å². The predicted octanol–water partition coefficient (Wildman–Crippen LogP) is 5.08. The van der Waals surface area contributed by atoms with Crippen molar-refractivity contribution >= 4 is 0 Å². The van der Waals surface area contributed by atoms with Gasteiger partial charge in [-0.1, -0.05) is 69.9 Å². The molecule has 0 nitrogen and oxygen atoms in total. The highest BCUT2D eigenvalue weighted by molar-refractivity contribution is 5.14. The van der Waals surface area contributed by atoms with Crippen molar-refractivity contribution in [2.24, 2.45) is 0 Å². The molecule has 0 aliphatic rings. The third-order valence-electron chi connectivity index (χ3n) is 1.17. The van der Waals surface area contributed by atoms with Gasteiger partial charge in [-0.15, -0.1) is 13.2 Å². The van der Waals surface area contributed by atoms with Crippen molar-refractivity contribution in [1.82, 2.24) is 0 Å². The second kappa shape index (κ2) is 22.6. The minimum atomic E-state index is 0. The van der Waals surface area contributed by atoms with E-state index in [4.69, 9.17) is 0 Å². The van der Waals surface area contributed by atoms with Crippen LogP contribution in [0.5, 0.6) is 0 Å². The summed E-state index contributed by atoms with van der Waals surface area (Å²) in [6.07, 6.45) is 16.3. The van der Waals surface area contributed by atoms with Crippen LogP contribution in [-0.4, -0.2) is 0 Å². The van der Waals surface area contributed by atoms with Crippen LogP contribution in [0, 0.1) is 0 Å². The first kappa shape index (κ1) is 18.5. The highest BCUT2D eigenvalue weighted by atomic mass is 13.7. The molecule has 0 aliphatic carbocycles. The van der Waals surface area contributed by atoms with Gasteiger partial charge in [0.2, 0.25) is 0 Å². The van der Waals surface area contributed by atoms with Crippen LogP contribution in [0.4, 0.5) is 0 Å². The topological polar surface area (TPSA) is 0 Å².